The second-order valence-corrected chi connectivity index (χ2v) is 8.16. The Labute approximate surface area is 192 Å². The van der Waals surface area contributed by atoms with Crippen LogP contribution in [0.1, 0.15) is 30.6 Å². The molecule has 4 aromatic rings. The first-order chi connectivity index (χ1) is 16.1. The second-order valence-electron chi connectivity index (χ2n) is 8.16. The molecule has 0 saturated carbocycles. The molecule has 3 heterocycles. The van der Waals surface area contributed by atoms with Crippen molar-refractivity contribution in [2.75, 3.05) is 18.6 Å². The van der Waals surface area contributed by atoms with Gasteiger partial charge in [-0.15, -0.1) is 5.10 Å². The fraction of sp³-hybridized carbons (Fsp3) is 0.280. The maximum Gasteiger partial charge on any atom is 0.251 e. The van der Waals surface area contributed by atoms with Crippen molar-refractivity contribution in [3.63, 3.8) is 0 Å². The van der Waals surface area contributed by atoms with Crippen LogP contribution in [0.5, 0.6) is 5.75 Å². The van der Waals surface area contributed by atoms with Crippen LogP contribution in [-0.2, 0) is 11.2 Å². The Bertz CT molecular complexity index is 1310. The van der Waals surface area contributed by atoms with E-state index in [2.05, 4.69) is 21.4 Å². The topological polar surface area (TPSA) is 78.1 Å². The van der Waals surface area contributed by atoms with E-state index >= 15 is 0 Å². The summed E-state index contributed by atoms with van der Waals surface area (Å²) in [5, 5.41) is 8.72. The van der Waals surface area contributed by atoms with Crippen molar-refractivity contribution in [3.05, 3.63) is 72.4 Å². The van der Waals surface area contributed by atoms with Gasteiger partial charge in [0, 0.05) is 24.0 Å². The summed E-state index contributed by atoms with van der Waals surface area (Å²) < 4.78 is 9.25. The van der Waals surface area contributed by atoms with Crippen molar-refractivity contribution >= 4 is 11.6 Å². The summed E-state index contributed by atoms with van der Waals surface area (Å²) in [6.45, 7) is 4.56. The monoisotopic (exact) mass is 442 g/mol. The first-order valence-electron chi connectivity index (χ1n) is 11.1. The number of likely N-dealkylation sites (N-methyl/N-ethyl adjacent to an activating group) is 1. The Hall–Kier alpha value is -3.94. The zero-order valence-corrected chi connectivity index (χ0v) is 19.0. The summed E-state index contributed by atoms with van der Waals surface area (Å²) in [5.74, 6) is 0.750. The molecule has 168 valence electrons. The molecule has 0 aliphatic carbocycles. The lowest BCUT2D eigenvalue weighted by molar-refractivity contribution is -0.122. The molecule has 0 saturated heterocycles. The number of fused-ring (bicyclic) bond motifs is 1. The van der Waals surface area contributed by atoms with E-state index in [1.165, 1.54) is 5.56 Å². The number of hydrogen-bond acceptors (Lipinski definition) is 5. The number of nitrogens with zero attached hydrogens (tertiary/aromatic N) is 6. The normalized spacial score (nSPS) is 15.9. The lowest BCUT2D eigenvalue weighted by Gasteiger charge is -2.24. The minimum atomic E-state index is -0.395. The molecule has 33 heavy (non-hydrogen) atoms. The molecule has 1 aliphatic rings. The zero-order chi connectivity index (χ0) is 22.9. The number of carbonyl (C=O) groups is 1. The number of hydrogen-bond donors (Lipinski definition) is 0. The third kappa shape index (κ3) is 3.77. The largest absolute Gasteiger partial charge is 0.495 e. The molecular formula is C25H26N6O2. The van der Waals surface area contributed by atoms with Crippen molar-refractivity contribution in [3.8, 4) is 22.7 Å². The summed E-state index contributed by atoms with van der Waals surface area (Å²) in [6.07, 6.45) is 7.05. The van der Waals surface area contributed by atoms with Gasteiger partial charge in [0.1, 0.15) is 17.5 Å². The molecule has 5 rings (SSSR count). The maximum atomic E-state index is 13.4. The van der Waals surface area contributed by atoms with Crippen molar-refractivity contribution in [2.24, 2.45) is 0 Å². The van der Waals surface area contributed by atoms with Crippen LogP contribution in [0.2, 0.25) is 0 Å². The highest BCUT2D eigenvalue weighted by atomic mass is 16.5. The number of aromatic nitrogens is 5. The van der Waals surface area contributed by atoms with Gasteiger partial charge < -0.3 is 14.2 Å². The molecular weight excluding hydrogens is 416 g/mol. The van der Waals surface area contributed by atoms with Crippen molar-refractivity contribution in [1.29, 1.82) is 0 Å². The van der Waals surface area contributed by atoms with Crippen LogP contribution in [0.15, 0.2) is 61.2 Å². The molecule has 0 fully saturated rings. The maximum absolute atomic E-state index is 13.4. The summed E-state index contributed by atoms with van der Waals surface area (Å²) >= 11 is 0. The SMILES string of the molecule is CCN1C(=O)C(n2cc(-c3ccc(-n4cnc(C)c4)c(OC)c3)nn2)CCc2ccccc21. The van der Waals surface area contributed by atoms with E-state index in [1.54, 1.807) is 18.1 Å². The molecule has 1 atom stereocenters. The van der Waals surface area contributed by atoms with Gasteiger partial charge in [-0.25, -0.2) is 9.67 Å². The van der Waals surface area contributed by atoms with Crippen molar-refractivity contribution in [2.45, 2.75) is 32.7 Å². The number of carbonyl (C=O) groups excluding carboxylic acids is 1. The number of rotatable bonds is 5. The molecule has 2 aromatic heterocycles. The number of imidazole rings is 1. The van der Waals surface area contributed by atoms with Crippen LogP contribution in [0.3, 0.4) is 0 Å². The van der Waals surface area contributed by atoms with E-state index in [0.717, 1.165) is 29.1 Å². The molecule has 2 aromatic carbocycles. The molecule has 1 aliphatic heterocycles. The highest BCUT2D eigenvalue weighted by molar-refractivity contribution is 5.97. The first kappa shape index (κ1) is 20.9. The average molecular weight is 443 g/mol. The fourth-order valence-corrected chi connectivity index (χ4v) is 4.44. The van der Waals surface area contributed by atoms with Gasteiger partial charge >= 0.3 is 0 Å². The fourth-order valence-electron chi connectivity index (χ4n) is 4.44. The predicted octanol–water partition coefficient (Wildman–Crippen LogP) is 3.99. The van der Waals surface area contributed by atoms with Gasteiger partial charge in [0.25, 0.3) is 5.91 Å². The van der Waals surface area contributed by atoms with Crippen LogP contribution in [0, 0.1) is 6.92 Å². The number of benzene rings is 2. The van der Waals surface area contributed by atoms with Gasteiger partial charge in [0.05, 0.1) is 31.0 Å². The van der Waals surface area contributed by atoms with Gasteiger partial charge in [-0.2, -0.15) is 0 Å². The lowest BCUT2D eigenvalue weighted by atomic mass is 10.1. The van der Waals surface area contributed by atoms with Crippen LogP contribution < -0.4 is 9.64 Å². The number of anilines is 1. The molecule has 0 bridgehead atoms. The zero-order valence-electron chi connectivity index (χ0n) is 19.0. The Morgan fingerprint density at radius 1 is 1.12 bits per heavy atom. The molecule has 0 N–H and O–H groups in total. The van der Waals surface area contributed by atoms with Crippen LogP contribution >= 0.6 is 0 Å². The van der Waals surface area contributed by atoms with Crippen LogP contribution in [-0.4, -0.2) is 44.1 Å². The number of para-hydroxylation sites is 1. The Morgan fingerprint density at radius 2 is 1.97 bits per heavy atom. The second kappa shape index (κ2) is 8.54. The van der Waals surface area contributed by atoms with E-state index in [0.29, 0.717) is 24.4 Å². The molecule has 8 nitrogen and oxygen atoms in total. The Kier molecular flexibility index (Phi) is 5.42. The van der Waals surface area contributed by atoms with E-state index in [-0.39, 0.29) is 5.91 Å². The molecule has 1 amide bonds. The van der Waals surface area contributed by atoms with E-state index in [1.807, 2.05) is 72.1 Å². The molecule has 0 radical (unpaired) electrons. The summed E-state index contributed by atoms with van der Waals surface area (Å²) in [7, 11) is 1.64. The summed E-state index contributed by atoms with van der Waals surface area (Å²) in [4.78, 5) is 19.5. The standard InChI is InChI=1S/C25H26N6O2/c1-4-30-21-8-6-5-7-18(21)9-12-23(25(30)32)31-15-20(27-28-31)19-10-11-22(24(13-19)33-3)29-14-17(2)26-16-29/h5-8,10-11,13-16,23H,4,9,12H2,1-3H3. The minimum Gasteiger partial charge on any atom is -0.495 e. The average Bonchev–Trinajstić information content (AvgIpc) is 3.47. The highest BCUT2D eigenvalue weighted by Gasteiger charge is 2.31. The van der Waals surface area contributed by atoms with Gasteiger partial charge in [-0.3, -0.25) is 4.79 Å². The Balaban J connectivity index is 1.45. The number of aryl methyl sites for hydroxylation is 2. The lowest BCUT2D eigenvalue weighted by Crippen LogP contribution is -2.36. The summed E-state index contributed by atoms with van der Waals surface area (Å²) in [5.41, 5.74) is 5.56. The van der Waals surface area contributed by atoms with Crippen LogP contribution in [0.25, 0.3) is 16.9 Å². The van der Waals surface area contributed by atoms with E-state index in [9.17, 15) is 4.79 Å². The van der Waals surface area contributed by atoms with E-state index < -0.39 is 6.04 Å². The number of ether oxygens (including phenoxy) is 1. The third-order valence-electron chi connectivity index (χ3n) is 6.13. The highest BCUT2D eigenvalue weighted by Crippen LogP contribution is 2.33. The van der Waals surface area contributed by atoms with Crippen molar-refractivity contribution < 1.29 is 9.53 Å². The molecule has 0 spiro atoms. The number of methoxy groups -OCH3 is 1. The summed E-state index contributed by atoms with van der Waals surface area (Å²) in [6, 6.07) is 13.6. The molecule has 1 unspecified atom stereocenters. The van der Waals surface area contributed by atoms with Gasteiger partial charge in [0.2, 0.25) is 0 Å². The minimum absolute atomic E-state index is 0.0438. The van der Waals surface area contributed by atoms with Gasteiger partial charge in [-0.1, -0.05) is 29.5 Å². The quantitative estimate of drug-likeness (QED) is 0.467. The first-order valence-corrected chi connectivity index (χ1v) is 11.1. The van der Waals surface area contributed by atoms with Crippen LogP contribution in [0.4, 0.5) is 5.69 Å². The van der Waals surface area contributed by atoms with Gasteiger partial charge in [0.15, 0.2) is 0 Å². The number of amides is 1. The third-order valence-corrected chi connectivity index (χ3v) is 6.13. The predicted molar refractivity (Wildman–Crippen MR) is 126 cm³/mol. The van der Waals surface area contributed by atoms with E-state index in [4.69, 9.17) is 4.74 Å². The van der Waals surface area contributed by atoms with Gasteiger partial charge in [-0.05, 0) is 50.5 Å². The smallest absolute Gasteiger partial charge is 0.251 e. The Morgan fingerprint density at radius 3 is 2.73 bits per heavy atom. The molecule has 8 heteroatoms. The van der Waals surface area contributed by atoms with Crippen molar-refractivity contribution in [1.82, 2.24) is 24.5 Å².